The van der Waals surface area contributed by atoms with Crippen molar-refractivity contribution < 1.29 is 29.3 Å². The van der Waals surface area contributed by atoms with Crippen molar-refractivity contribution in [1.29, 1.82) is 0 Å². The summed E-state index contributed by atoms with van der Waals surface area (Å²) >= 11 is 0. The second-order valence-electron chi connectivity index (χ2n) is 10.6. The monoisotopic (exact) mass is 445 g/mol. The van der Waals surface area contributed by atoms with Gasteiger partial charge in [-0.2, -0.15) is 0 Å². The Bertz CT molecular complexity index is 880. The van der Waals surface area contributed by atoms with Gasteiger partial charge in [-0.15, -0.1) is 0 Å². The van der Waals surface area contributed by atoms with E-state index in [2.05, 4.69) is 6.92 Å². The zero-order chi connectivity index (χ0) is 23.3. The third-order valence-corrected chi connectivity index (χ3v) is 9.06. The Morgan fingerprint density at radius 1 is 1.28 bits per heavy atom. The summed E-state index contributed by atoms with van der Waals surface area (Å²) < 4.78 is 5.12. The van der Waals surface area contributed by atoms with Gasteiger partial charge in [0.1, 0.15) is 5.60 Å². The number of allylic oxidation sites excluding steroid dienone is 4. The van der Waals surface area contributed by atoms with E-state index in [0.717, 1.165) is 18.4 Å². The largest absolute Gasteiger partial charge is 0.458 e. The third-order valence-electron chi connectivity index (χ3n) is 9.06. The predicted octanol–water partition coefficient (Wildman–Crippen LogP) is 1.85. The molecule has 3 saturated carbocycles. The van der Waals surface area contributed by atoms with E-state index in [1.807, 2.05) is 13.0 Å². The van der Waals surface area contributed by atoms with Crippen molar-refractivity contribution in [3.8, 4) is 0 Å². The number of nitrogens with two attached hydrogens (primary N) is 1. The highest BCUT2D eigenvalue weighted by molar-refractivity contribution is 6.01. The van der Waals surface area contributed by atoms with E-state index in [1.54, 1.807) is 12.2 Å². The van der Waals surface area contributed by atoms with Crippen molar-refractivity contribution in [2.45, 2.75) is 70.5 Å². The molecule has 0 aliphatic heterocycles. The van der Waals surface area contributed by atoms with Crippen LogP contribution in [0.15, 0.2) is 23.8 Å². The molecule has 4 aliphatic rings. The molecule has 176 valence electrons. The van der Waals surface area contributed by atoms with Gasteiger partial charge >= 0.3 is 5.97 Å². The zero-order valence-electron chi connectivity index (χ0n) is 19.0. The number of carbonyl (C=O) groups excluding carboxylic acids is 3. The molecule has 0 spiro atoms. The molecule has 0 aromatic rings. The standard InChI is InChI=1S/C25H35NO6/c1-23-9-7-16(27)12-15(23)5-6-17-18-8-10-25(31,24(18,2)13-19(28)22(17)23)20(29)14-32-21(30)4-3-11-26/h7,9,12,17-19,22,28,31H,3-6,8,10-11,13-14,26H2,1-2H3/t17-,18-,19-,22+,23-,24-,25-/m0/s1. The fraction of sp³-hybridized carbons (Fsp3) is 0.720. The van der Waals surface area contributed by atoms with Crippen molar-refractivity contribution >= 4 is 17.5 Å². The first-order valence-electron chi connectivity index (χ1n) is 11.8. The number of ether oxygens (including phenoxy) is 1. The Balaban J connectivity index is 1.56. The number of aliphatic hydroxyl groups excluding tert-OH is 1. The lowest BCUT2D eigenvalue weighted by Gasteiger charge is -2.59. The van der Waals surface area contributed by atoms with Gasteiger partial charge in [-0.25, -0.2) is 0 Å². The van der Waals surface area contributed by atoms with E-state index >= 15 is 0 Å². The number of hydrogen-bond donors (Lipinski definition) is 3. The molecular weight excluding hydrogens is 410 g/mol. The lowest BCUT2D eigenvalue weighted by Crippen LogP contribution is -2.61. The van der Waals surface area contributed by atoms with Crippen molar-refractivity contribution in [2.24, 2.45) is 34.3 Å². The van der Waals surface area contributed by atoms with Gasteiger partial charge in [0.25, 0.3) is 0 Å². The number of Topliss-reactive ketones (excluding diaryl/α,β-unsaturated/α-hetero) is 1. The minimum Gasteiger partial charge on any atom is -0.458 e. The zero-order valence-corrected chi connectivity index (χ0v) is 19.0. The van der Waals surface area contributed by atoms with Crippen LogP contribution in [0.5, 0.6) is 0 Å². The summed E-state index contributed by atoms with van der Waals surface area (Å²) in [5, 5.41) is 23.0. The molecule has 0 aromatic carbocycles. The molecule has 32 heavy (non-hydrogen) atoms. The molecular formula is C25H35NO6. The second kappa shape index (κ2) is 8.19. The van der Waals surface area contributed by atoms with Crippen LogP contribution in [-0.4, -0.2) is 52.6 Å². The number of hydrogen-bond acceptors (Lipinski definition) is 7. The molecule has 0 heterocycles. The van der Waals surface area contributed by atoms with Crippen molar-refractivity contribution in [3.63, 3.8) is 0 Å². The number of ketones is 2. The number of rotatable bonds is 6. The van der Waals surface area contributed by atoms with Gasteiger partial charge in [0.05, 0.1) is 6.10 Å². The Morgan fingerprint density at radius 2 is 2.03 bits per heavy atom. The smallest absolute Gasteiger partial charge is 0.306 e. The summed E-state index contributed by atoms with van der Waals surface area (Å²) in [5.41, 5.74) is 3.67. The first-order valence-corrected chi connectivity index (χ1v) is 11.8. The molecule has 7 nitrogen and oxygen atoms in total. The average Bonchev–Trinajstić information content (AvgIpc) is 3.02. The van der Waals surface area contributed by atoms with E-state index in [0.29, 0.717) is 32.2 Å². The Morgan fingerprint density at radius 3 is 2.75 bits per heavy atom. The van der Waals surface area contributed by atoms with Crippen LogP contribution < -0.4 is 5.73 Å². The highest BCUT2D eigenvalue weighted by atomic mass is 16.5. The van der Waals surface area contributed by atoms with Crippen LogP contribution in [-0.2, 0) is 19.1 Å². The van der Waals surface area contributed by atoms with Gasteiger partial charge in [-0.05, 0) is 69.1 Å². The van der Waals surface area contributed by atoms with E-state index < -0.39 is 35.5 Å². The van der Waals surface area contributed by atoms with Crippen LogP contribution in [0, 0.1) is 28.6 Å². The minimum absolute atomic E-state index is 0.00656. The van der Waals surface area contributed by atoms with Gasteiger partial charge in [0.2, 0.25) is 5.78 Å². The molecule has 0 unspecified atom stereocenters. The van der Waals surface area contributed by atoms with Gasteiger partial charge in [-0.3, -0.25) is 14.4 Å². The normalized spacial score (nSPS) is 42.5. The summed E-state index contributed by atoms with van der Waals surface area (Å²) in [6.45, 7) is 3.91. The first kappa shape index (κ1) is 23.3. The van der Waals surface area contributed by atoms with Crippen LogP contribution >= 0.6 is 0 Å². The van der Waals surface area contributed by atoms with Crippen LogP contribution in [0.4, 0.5) is 0 Å². The predicted molar refractivity (Wildman–Crippen MR) is 117 cm³/mol. The molecule has 0 amide bonds. The molecule has 4 rings (SSSR count). The minimum atomic E-state index is -1.63. The Hall–Kier alpha value is -1.83. The van der Waals surface area contributed by atoms with Gasteiger partial charge < -0.3 is 20.7 Å². The Kier molecular flexibility index (Phi) is 5.97. The number of carbonyl (C=O) groups is 3. The van der Waals surface area contributed by atoms with E-state index in [-0.39, 0.29) is 35.4 Å². The van der Waals surface area contributed by atoms with Gasteiger partial charge in [0, 0.05) is 23.2 Å². The fourth-order valence-corrected chi connectivity index (χ4v) is 7.37. The lowest BCUT2D eigenvalue weighted by molar-refractivity contribution is -0.181. The van der Waals surface area contributed by atoms with Crippen LogP contribution in [0.3, 0.4) is 0 Å². The van der Waals surface area contributed by atoms with E-state index in [9.17, 15) is 24.6 Å². The summed E-state index contributed by atoms with van der Waals surface area (Å²) in [7, 11) is 0. The van der Waals surface area contributed by atoms with Gasteiger partial charge in [0.15, 0.2) is 12.4 Å². The quantitative estimate of drug-likeness (QED) is 0.533. The summed E-state index contributed by atoms with van der Waals surface area (Å²) in [4.78, 5) is 36.9. The molecule has 4 aliphatic carbocycles. The number of aliphatic hydroxyl groups is 2. The molecule has 0 saturated heterocycles. The molecule has 4 N–H and O–H groups in total. The summed E-state index contributed by atoms with van der Waals surface area (Å²) in [5.74, 6) is -0.835. The second-order valence-corrected chi connectivity index (χ2v) is 10.6. The van der Waals surface area contributed by atoms with E-state index in [1.165, 1.54) is 0 Å². The highest BCUT2D eigenvalue weighted by Gasteiger charge is 2.68. The average molecular weight is 446 g/mol. The Labute approximate surface area is 189 Å². The maximum absolute atomic E-state index is 13.1. The third kappa shape index (κ3) is 3.40. The van der Waals surface area contributed by atoms with Gasteiger partial charge in [-0.1, -0.05) is 25.5 Å². The maximum Gasteiger partial charge on any atom is 0.306 e. The first-order chi connectivity index (χ1) is 15.1. The van der Waals surface area contributed by atoms with E-state index in [4.69, 9.17) is 10.5 Å². The van der Waals surface area contributed by atoms with Crippen LogP contribution in [0.1, 0.15) is 58.8 Å². The van der Waals surface area contributed by atoms with Crippen LogP contribution in [0.25, 0.3) is 0 Å². The summed E-state index contributed by atoms with van der Waals surface area (Å²) in [6, 6.07) is 0. The van der Waals surface area contributed by atoms with Crippen LogP contribution in [0.2, 0.25) is 0 Å². The number of fused-ring (bicyclic) bond motifs is 5. The highest BCUT2D eigenvalue weighted by Crippen LogP contribution is 2.67. The SMILES string of the molecule is C[C@]12C=CC(=O)C=C1CC[C@@H]1[C@@H]2[C@@H](O)C[C@@]2(C)[C@H]1CC[C@]2(O)C(=O)COC(=O)CCCN. The maximum atomic E-state index is 13.1. The molecule has 7 atom stereocenters. The van der Waals surface area contributed by atoms with Crippen molar-refractivity contribution in [2.75, 3.05) is 13.2 Å². The topological polar surface area (TPSA) is 127 Å². The summed E-state index contributed by atoms with van der Waals surface area (Å²) in [6.07, 6.45) is 8.06. The molecule has 0 bridgehead atoms. The molecule has 7 heteroatoms. The molecule has 0 aromatic heterocycles. The fourth-order valence-electron chi connectivity index (χ4n) is 7.37. The van der Waals surface area contributed by atoms with Crippen molar-refractivity contribution in [3.05, 3.63) is 23.8 Å². The molecule has 0 radical (unpaired) electrons. The number of esters is 1. The lowest BCUT2D eigenvalue weighted by atomic mass is 9.46. The van der Waals surface area contributed by atoms with Crippen molar-refractivity contribution in [1.82, 2.24) is 0 Å². The molecule has 3 fully saturated rings.